The zero-order valence-corrected chi connectivity index (χ0v) is 11.0. The van der Waals surface area contributed by atoms with Crippen molar-refractivity contribution in [2.75, 3.05) is 0 Å². The number of fused-ring (bicyclic) bond motifs is 1. The van der Waals surface area contributed by atoms with E-state index >= 15 is 0 Å². The van der Waals surface area contributed by atoms with Crippen molar-refractivity contribution in [1.82, 2.24) is 0 Å². The third-order valence-corrected chi connectivity index (χ3v) is 3.20. The molecule has 1 aliphatic heterocycles. The zero-order valence-electron chi connectivity index (χ0n) is 11.0. The molecule has 1 unspecified atom stereocenters. The first-order chi connectivity index (χ1) is 10.0. The number of hydrogen-bond acceptors (Lipinski definition) is 2. The van der Waals surface area contributed by atoms with Gasteiger partial charge in [-0.1, -0.05) is 36.4 Å². The first-order valence-corrected chi connectivity index (χ1v) is 6.49. The molecular weight excluding hydrogens is 279 g/mol. The molecule has 5 heteroatoms. The molecule has 0 spiro atoms. The SMILES string of the molecule is FC(F)(F)CC1OC(c2ccccc2)=Nc2ccccc21. The molecule has 1 aliphatic rings. The molecule has 0 bridgehead atoms. The molecule has 0 amide bonds. The normalized spacial score (nSPS) is 17.7. The van der Waals surface area contributed by atoms with Crippen molar-refractivity contribution in [2.24, 2.45) is 4.99 Å². The van der Waals surface area contributed by atoms with Gasteiger partial charge in [0.25, 0.3) is 0 Å². The summed E-state index contributed by atoms with van der Waals surface area (Å²) in [6.45, 7) is 0. The quantitative estimate of drug-likeness (QED) is 0.779. The maximum atomic E-state index is 12.7. The number of halogens is 3. The molecule has 21 heavy (non-hydrogen) atoms. The Morgan fingerprint density at radius 1 is 0.952 bits per heavy atom. The third-order valence-electron chi connectivity index (χ3n) is 3.20. The van der Waals surface area contributed by atoms with Crippen molar-refractivity contribution in [1.29, 1.82) is 0 Å². The topological polar surface area (TPSA) is 21.6 Å². The van der Waals surface area contributed by atoms with Gasteiger partial charge in [-0.25, -0.2) is 4.99 Å². The summed E-state index contributed by atoms with van der Waals surface area (Å²) in [5.41, 5.74) is 1.66. The molecule has 2 nitrogen and oxygen atoms in total. The Bertz CT molecular complexity index is 665. The highest BCUT2D eigenvalue weighted by molar-refractivity contribution is 5.97. The predicted octanol–water partition coefficient (Wildman–Crippen LogP) is 4.79. The van der Waals surface area contributed by atoms with Crippen LogP contribution in [0.2, 0.25) is 0 Å². The minimum Gasteiger partial charge on any atom is -0.469 e. The largest absolute Gasteiger partial charge is 0.469 e. The maximum absolute atomic E-state index is 12.7. The van der Waals surface area contributed by atoms with Crippen LogP contribution in [0.4, 0.5) is 18.9 Å². The highest BCUT2D eigenvalue weighted by atomic mass is 19.4. The van der Waals surface area contributed by atoms with Crippen molar-refractivity contribution in [3.63, 3.8) is 0 Å². The van der Waals surface area contributed by atoms with Crippen LogP contribution >= 0.6 is 0 Å². The van der Waals surface area contributed by atoms with Crippen LogP contribution in [0.5, 0.6) is 0 Å². The molecule has 1 atom stereocenters. The second-order valence-electron chi connectivity index (χ2n) is 4.77. The van der Waals surface area contributed by atoms with E-state index < -0.39 is 18.7 Å². The van der Waals surface area contributed by atoms with Gasteiger partial charge in [0.05, 0.1) is 12.1 Å². The molecule has 3 rings (SSSR count). The first kappa shape index (κ1) is 13.7. The summed E-state index contributed by atoms with van der Waals surface area (Å²) in [5.74, 6) is 0.226. The molecule has 0 fully saturated rings. The van der Waals surface area contributed by atoms with Gasteiger partial charge in [0.1, 0.15) is 6.10 Å². The van der Waals surface area contributed by atoms with Crippen LogP contribution < -0.4 is 0 Å². The van der Waals surface area contributed by atoms with E-state index in [1.54, 1.807) is 48.5 Å². The van der Waals surface area contributed by atoms with Crippen LogP contribution in [-0.4, -0.2) is 12.1 Å². The van der Waals surface area contributed by atoms with Gasteiger partial charge >= 0.3 is 6.18 Å². The van der Waals surface area contributed by atoms with E-state index in [2.05, 4.69) is 4.99 Å². The van der Waals surface area contributed by atoms with Gasteiger partial charge < -0.3 is 4.74 Å². The van der Waals surface area contributed by atoms with E-state index in [4.69, 9.17) is 4.74 Å². The average molecular weight is 291 g/mol. The van der Waals surface area contributed by atoms with E-state index in [0.717, 1.165) is 0 Å². The van der Waals surface area contributed by atoms with E-state index in [1.165, 1.54) is 0 Å². The van der Waals surface area contributed by atoms with Gasteiger partial charge in [0, 0.05) is 11.1 Å². The fourth-order valence-electron chi connectivity index (χ4n) is 2.27. The van der Waals surface area contributed by atoms with Crippen LogP contribution in [-0.2, 0) is 4.74 Å². The van der Waals surface area contributed by atoms with Crippen molar-refractivity contribution in [2.45, 2.75) is 18.7 Å². The van der Waals surface area contributed by atoms with Crippen LogP contribution in [0.3, 0.4) is 0 Å². The number of rotatable bonds is 2. The molecule has 0 aromatic heterocycles. The Morgan fingerprint density at radius 2 is 1.62 bits per heavy atom. The lowest BCUT2D eigenvalue weighted by molar-refractivity contribution is -0.152. The molecule has 1 heterocycles. The summed E-state index contributed by atoms with van der Waals surface area (Å²) in [6.07, 6.45) is -6.39. The summed E-state index contributed by atoms with van der Waals surface area (Å²) in [5, 5.41) is 0. The van der Waals surface area contributed by atoms with Crippen LogP contribution in [0.25, 0.3) is 0 Å². The molecule has 2 aromatic rings. The molecule has 0 aliphatic carbocycles. The number of aliphatic imine (C=N–C) groups is 1. The summed E-state index contributed by atoms with van der Waals surface area (Å²) in [4.78, 5) is 4.32. The Hall–Kier alpha value is -2.30. The summed E-state index contributed by atoms with van der Waals surface area (Å²) in [7, 11) is 0. The van der Waals surface area contributed by atoms with E-state index in [9.17, 15) is 13.2 Å². The Labute approximate surface area is 119 Å². The van der Waals surface area contributed by atoms with Gasteiger partial charge in [-0.15, -0.1) is 0 Å². The lowest BCUT2D eigenvalue weighted by atomic mass is 10.0. The van der Waals surface area contributed by atoms with Gasteiger partial charge in [0.15, 0.2) is 0 Å². The van der Waals surface area contributed by atoms with Crippen LogP contribution in [0, 0.1) is 0 Å². The highest BCUT2D eigenvalue weighted by Crippen LogP contribution is 2.40. The smallest absolute Gasteiger partial charge is 0.392 e. The highest BCUT2D eigenvalue weighted by Gasteiger charge is 2.37. The standard InChI is InChI=1S/C16H12F3NO/c17-16(18,19)10-14-12-8-4-5-9-13(12)20-15(21-14)11-6-2-1-3-7-11/h1-9,14H,10H2. The van der Waals surface area contributed by atoms with Crippen molar-refractivity contribution in [3.8, 4) is 0 Å². The Morgan fingerprint density at radius 3 is 2.33 bits per heavy atom. The third kappa shape index (κ3) is 3.07. The van der Waals surface area contributed by atoms with Crippen molar-refractivity contribution >= 4 is 11.6 Å². The molecule has 0 saturated heterocycles. The van der Waals surface area contributed by atoms with Gasteiger partial charge in [-0.2, -0.15) is 13.2 Å². The number of ether oxygens (including phenoxy) is 1. The maximum Gasteiger partial charge on any atom is 0.392 e. The summed E-state index contributed by atoms with van der Waals surface area (Å²) in [6, 6.07) is 15.7. The fourth-order valence-corrected chi connectivity index (χ4v) is 2.27. The number of para-hydroxylation sites is 1. The van der Waals surface area contributed by atoms with Gasteiger partial charge in [-0.3, -0.25) is 0 Å². The average Bonchev–Trinajstić information content (AvgIpc) is 2.46. The van der Waals surface area contributed by atoms with Gasteiger partial charge in [-0.05, 0) is 18.2 Å². The fraction of sp³-hybridized carbons (Fsp3) is 0.188. The second kappa shape index (κ2) is 5.24. The Kier molecular flexibility index (Phi) is 3.41. The summed E-state index contributed by atoms with van der Waals surface area (Å²) >= 11 is 0. The lowest BCUT2D eigenvalue weighted by Crippen LogP contribution is -2.22. The number of benzene rings is 2. The molecule has 0 N–H and O–H groups in total. The van der Waals surface area contributed by atoms with E-state index in [-0.39, 0.29) is 5.90 Å². The van der Waals surface area contributed by atoms with Crippen LogP contribution in [0.15, 0.2) is 59.6 Å². The number of hydrogen-bond donors (Lipinski definition) is 0. The minimum absolute atomic E-state index is 0.226. The molecule has 0 saturated carbocycles. The molecule has 0 radical (unpaired) electrons. The van der Waals surface area contributed by atoms with E-state index in [1.807, 2.05) is 6.07 Å². The molecular formula is C16H12F3NO. The van der Waals surface area contributed by atoms with E-state index in [0.29, 0.717) is 16.8 Å². The van der Waals surface area contributed by atoms with Gasteiger partial charge in [0.2, 0.25) is 5.90 Å². The van der Waals surface area contributed by atoms with Crippen molar-refractivity contribution in [3.05, 3.63) is 65.7 Å². The summed E-state index contributed by atoms with van der Waals surface area (Å²) < 4.78 is 43.7. The second-order valence-corrected chi connectivity index (χ2v) is 4.77. The molecule has 2 aromatic carbocycles. The monoisotopic (exact) mass is 291 g/mol. The first-order valence-electron chi connectivity index (χ1n) is 6.49. The predicted molar refractivity (Wildman–Crippen MR) is 73.6 cm³/mol. The number of nitrogens with zero attached hydrogens (tertiary/aromatic N) is 1. The zero-order chi connectivity index (χ0) is 14.9. The molecule has 108 valence electrons. The van der Waals surface area contributed by atoms with Crippen LogP contribution in [0.1, 0.15) is 23.7 Å². The minimum atomic E-state index is -4.29. The van der Waals surface area contributed by atoms with Crippen molar-refractivity contribution < 1.29 is 17.9 Å². The number of alkyl halides is 3. The Balaban J connectivity index is 2.01. The lowest BCUT2D eigenvalue weighted by Gasteiger charge is -2.26.